The maximum Gasteiger partial charge on any atom is 0.163 e. The van der Waals surface area contributed by atoms with E-state index in [4.69, 9.17) is 0 Å². The maximum absolute atomic E-state index is 12.4. The van der Waals surface area contributed by atoms with Crippen LogP contribution in [0.2, 0.25) is 0 Å². The minimum absolute atomic E-state index is 0.202. The van der Waals surface area contributed by atoms with Crippen molar-refractivity contribution in [1.29, 1.82) is 0 Å². The molecule has 1 saturated carbocycles. The molecule has 1 heterocycles. The first-order valence-electron chi connectivity index (χ1n) is 6.04. The van der Waals surface area contributed by atoms with Crippen molar-refractivity contribution in [2.45, 2.75) is 19.3 Å². The zero-order valence-electron chi connectivity index (χ0n) is 11.3. The Morgan fingerprint density at radius 1 is 1.39 bits per heavy atom. The summed E-state index contributed by atoms with van der Waals surface area (Å²) in [5, 5.41) is 0. The van der Waals surface area contributed by atoms with Crippen molar-refractivity contribution in [2.24, 2.45) is 13.0 Å². The van der Waals surface area contributed by atoms with Gasteiger partial charge in [-0.1, -0.05) is 0 Å². The highest BCUT2D eigenvalue weighted by Gasteiger charge is 2.45. The summed E-state index contributed by atoms with van der Waals surface area (Å²) in [5.74, 6) is 0.963. The number of ketones is 1. The van der Waals surface area contributed by atoms with Gasteiger partial charge in [-0.15, -0.1) is 23.5 Å². The number of carbonyl (C=O) groups is 1. The summed E-state index contributed by atoms with van der Waals surface area (Å²) in [6.07, 6.45) is 7.12. The van der Waals surface area contributed by atoms with E-state index in [1.54, 1.807) is 23.5 Å². The molecule has 98 valence electrons. The standard InChI is InChI=1S/C14H19NOS2/c1-9(14(17-3)18-4)13(16)11-8-10(11)12-6-5-7-15(12)2/h5-7,10-11H,8H2,1-4H3. The van der Waals surface area contributed by atoms with Crippen LogP contribution in [-0.2, 0) is 11.8 Å². The van der Waals surface area contributed by atoms with Gasteiger partial charge in [-0.3, -0.25) is 4.79 Å². The Bertz CT molecular complexity index is 484. The van der Waals surface area contributed by atoms with E-state index in [0.29, 0.717) is 11.7 Å². The molecule has 1 fully saturated rings. The van der Waals surface area contributed by atoms with Gasteiger partial charge in [0.05, 0.1) is 0 Å². The summed E-state index contributed by atoms with van der Waals surface area (Å²) >= 11 is 3.34. The Morgan fingerprint density at radius 3 is 2.56 bits per heavy atom. The first-order chi connectivity index (χ1) is 8.60. The lowest BCUT2D eigenvalue weighted by Gasteiger charge is -2.06. The van der Waals surface area contributed by atoms with Gasteiger partial charge in [0.15, 0.2) is 5.78 Å². The topological polar surface area (TPSA) is 22.0 Å². The van der Waals surface area contributed by atoms with Gasteiger partial charge in [0.25, 0.3) is 0 Å². The second kappa shape index (κ2) is 5.57. The van der Waals surface area contributed by atoms with Crippen LogP contribution in [0.4, 0.5) is 0 Å². The highest BCUT2D eigenvalue weighted by Crippen LogP contribution is 2.49. The maximum atomic E-state index is 12.4. The van der Waals surface area contributed by atoms with Crippen molar-refractivity contribution < 1.29 is 4.79 Å². The lowest BCUT2D eigenvalue weighted by molar-refractivity contribution is -0.116. The SMILES string of the molecule is CSC(SC)=C(C)C(=O)C1CC1c1cccn1C. The molecule has 4 heteroatoms. The smallest absolute Gasteiger partial charge is 0.163 e. The number of aryl methyl sites for hydroxylation is 1. The third-order valence-corrected chi connectivity index (χ3v) is 5.89. The van der Waals surface area contributed by atoms with Crippen molar-refractivity contribution >= 4 is 29.3 Å². The molecular weight excluding hydrogens is 262 g/mol. The number of Topliss-reactive ketones (excluding diaryl/α,β-unsaturated/α-hetero) is 1. The zero-order chi connectivity index (χ0) is 13.3. The lowest BCUT2D eigenvalue weighted by Crippen LogP contribution is -2.06. The molecule has 0 radical (unpaired) electrons. The average molecular weight is 281 g/mol. The molecule has 2 nitrogen and oxygen atoms in total. The van der Waals surface area contributed by atoms with E-state index < -0.39 is 0 Å². The first kappa shape index (κ1) is 13.8. The zero-order valence-corrected chi connectivity index (χ0v) is 12.9. The molecule has 1 aromatic rings. The van der Waals surface area contributed by atoms with Crippen LogP contribution in [0.3, 0.4) is 0 Å². The van der Waals surface area contributed by atoms with E-state index in [1.165, 1.54) is 5.69 Å². The van der Waals surface area contributed by atoms with Crippen LogP contribution in [-0.4, -0.2) is 22.9 Å². The minimum atomic E-state index is 0.202. The molecule has 2 atom stereocenters. The predicted octanol–water partition coefficient (Wildman–Crippen LogP) is 3.66. The molecule has 1 aliphatic rings. The molecule has 0 aromatic carbocycles. The van der Waals surface area contributed by atoms with Crippen LogP contribution in [0, 0.1) is 5.92 Å². The Labute approximate surface area is 117 Å². The third-order valence-electron chi connectivity index (χ3n) is 3.54. The van der Waals surface area contributed by atoms with E-state index in [0.717, 1.165) is 16.2 Å². The Morgan fingerprint density at radius 2 is 2.06 bits per heavy atom. The molecule has 2 rings (SSSR count). The van der Waals surface area contributed by atoms with Crippen molar-refractivity contribution in [3.8, 4) is 0 Å². The summed E-state index contributed by atoms with van der Waals surface area (Å²) in [5.41, 5.74) is 2.23. The van der Waals surface area contributed by atoms with Gasteiger partial charge in [0, 0.05) is 40.6 Å². The molecule has 2 unspecified atom stereocenters. The molecule has 0 bridgehead atoms. The lowest BCUT2D eigenvalue weighted by atomic mass is 10.1. The first-order valence-corrected chi connectivity index (χ1v) is 8.49. The average Bonchev–Trinajstić information content (AvgIpc) is 3.05. The van der Waals surface area contributed by atoms with Gasteiger partial charge in [-0.05, 0) is 38.0 Å². The van der Waals surface area contributed by atoms with Crippen LogP contribution in [0.25, 0.3) is 0 Å². The molecule has 0 aliphatic heterocycles. The van der Waals surface area contributed by atoms with Crippen molar-refractivity contribution in [1.82, 2.24) is 4.57 Å². The summed E-state index contributed by atoms with van der Waals surface area (Å²) in [6.45, 7) is 1.96. The Balaban J connectivity index is 2.10. The monoisotopic (exact) mass is 281 g/mol. The van der Waals surface area contributed by atoms with Crippen molar-refractivity contribution in [2.75, 3.05) is 12.5 Å². The number of thioether (sulfide) groups is 2. The summed E-state index contributed by atoms with van der Waals surface area (Å²) < 4.78 is 3.28. The number of carbonyl (C=O) groups excluding carboxylic acids is 1. The van der Waals surface area contributed by atoms with E-state index >= 15 is 0 Å². The highest BCUT2D eigenvalue weighted by molar-refractivity contribution is 8.21. The fraction of sp³-hybridized carbons (Fsp3) is 0.500. The van der Waals surface area contributed by atoms with Gasteiger partial charge in [-0.25, -0.2) is 0 Å². The van der Waals surface area contributed by atoms with Crippen molar-refractivity contribution in [3.05, 3.63) is 33.8 Å². The number of aromatic nitrogens is 1. The second-order valence-electron chi connectivity index (χ2n) is 4.68. The fourth-order valence-electron chi connectivity index (χ4n) is 2.44. The number of nitrogens with zero attached hydrogens (tertiary/aromatic N) is 1. The third kappa shape index (κ3) is 2.54. The number of hydrogen-bond donors (Lipinski definition) is 0. The molecule has 18 heavy (non-hydrogen) atoms. The minimum Gasteiger partial charge on any atom is -0.354 e. The van der Waals surface area contributed by atoms with E-state index in [1.807, 2.05) is 38.7 Å². The fourth-order valence-corrected chi connectivity index (χ4v) is 3.92. The summed E-state index contributed by atoms with van der Waals surface area (Å²) in [7, 11) is 2.05. The molecule has 0 N–H and O–H groups in total. The Hall–Kier alpha value is -0.610. The number of rotatable bonds is 5. The van der Waals surface area contributed by atoms with Gasteiger partial charge >= 0.3 is 0 Å². The normalized spacial score (nSPS) is 21.8. The molecular formula is C14H19NOS2. The number of allylic oxidation sites excluding steroid dienone is 1. The highest BCUT2D eigenvalue weighted by atomic mass is 32.2. The van der Waals surface area contributed by atoms with Crippen LogP contribution in [0.1, 0.15) is 25.0 Å². The molecule has 0 saturated heterocycles. The van der Waals surface area contributed by atoms with Crippen LogP contribution in [0.5, 0.6) is 0 Å². The van der Waals surface area contributed by atoms with Crippen LogP contribution >= 0.6 is 23.5 Å². The summed E-state index contributed by atoms with van der Waals surface area (Å²) in [6, 6.07) is 4.17. The van der Waals surface area contributed by atoms with Crippen LogP contribution in [0.15, 0.2) is 28.1 Å². The largest absolute Gasteiger partial charge is 0.354 e. The predicted molar refractivity (Wildman–Crippen MR) is 81.0 cm³/mol. The van der Waals surface area contributed by atoms with Gasteiger partial charge in [0.1, 0.15) is 0 Å². The molecule has 1 aromatic heterocycles. The molecule has 0 spiro atoms. The molecule has 0 amide bonds. The van der Waals surface area contributed by atoms with Gasteiger partial charge < -0.3 is 4.57 Å². The quantitative estimate of drug-likeness (QED) is 0.769. The second-order valence-corrected chi connectivity index (χ2v) is 6.57. The van der Waals surface area contributed by atoms with E-state index in [-0.39, 0.29) is 5.92 Å². The van der Waals surface area contributed by atoms with Crippen LogP contribution < -0.4 is 0 Å². The van der Waals surface area contributed by atoms with Gasteiger partial charge in [-0.2, -0.15) is 0 Å². The Kier molecular flexibility index (Phi) is 4.28. The van der Waals surface area contributed by atoms with E-state index in [2.05, 4.69) is 10.6 Å². The van der Waals surface area contributed by atoms with Crippen molar-refractivity contribution in [3.63, 3.8) is 0 Å². The number of hydrogen-bond acceptors (Lipinski definition) is 3. The molecule has 1 aliphatic carbocycles. The van der Waals surface area contributed by atoms with E-state index in [9.17, 15) is 4.79 Å². The van der Waals surface area contributed by atoms with Gasteiger partial charge in [0.2, 0.25) is 0 Å². The summed E-state index contributed by atoms with van der Waals surface area (Å²) in [4.78, 5) is 12.4.